The van der Waals surface area contributed by atoms with E-state index in [1.165, 1.54) is 26.2 Å². The highest BCUT2D eigenvalue weighted by atomic mass is 127. The molecule has 3 aromatic heterocycles. The van der Waals surface area contributed by atoms with Gasteiger partial charge in [-0.3, -0.25) is 28.9 Å². The van der Waals surface area contributed by atoms with Crippen LogP contribution in [0.15, 0.2) is 67.5 Å². The number of carbonyl (C=O) groups excluding carboxylic acids is 4. The van der Waals surface area contributed by atoms with Crippen LogP contribution in [0.5, 0.6) is 0 Å². The van der Waals surface area contributed by atoms with Gasteiger partial charge < -0.3 is 38.3 Å². The second-order valence-electron chi connectivity index (χ2n) is 20.9. The molecule has 1 amide bonds. The zero-order valence-electron chi connectivity index (χ0n) is 42.9. The lowest BCUT2D eigenvalue weighted by Gasteiger charge is -2.54. The number of hydrogen-bond donors (Lipinski definition) is 1. The van der Waals surface area contributed by atoms with Gasteiger partial charge in [0.05, 0.1) is 53.0 Å². The number of carbonyl (C=O) groups is 4. The molecule has 402 valence electrons. The summed E-state index contributed by atoms with van der Waals surface area (Å²) >= 11 is 1.91. The van der Waals surface area contributed by atoms with Crippen LogP contribution in [-0.4, -0.2) is 147 Å². The Hall–Kier alpha value is -4.88. The molecule has 0 radical (unpaired) electrons. The number of esters is 1. The summed E-state index contributed by atoms with van der Waals surface area (Å²) in [5.74, 6) is -5.26. The number of ether oxygens (including phenoxy) is 5. The molecule has 1 aromatic carbocycles. The van der Waals surface area contributed by atoms with Crippen molar-refractivity contribution in [3.8, 4) is 11.3 Å². The van der Waals surface area contributed by atoms with Crippen molar-refractivity contribution in [3.05, 3.63) is 84.3 Å². The number of likely N-dealkylation sites (N-methyl/N-ethyl adjacent to an activating group) is 1. The summed E-state index contributed by atoms with van der Waals surface area (Å²) in [6, 6.07) is 7.04. The van der Waals surface area contributed by atoms with Gasteiger partial charge in [0.15, 0.2) is 21.8 Å². The number of ketones is 2. The highest BCUT2D eigenvalue weighted by Crippen LogP contribution is 2.53. The molecule has 8 rings (SSSR count). The number of alkyl halides is 4. The van der Waals surface area contributed by atoms with Gasteiger partial charge in [-0.1, -0.05) is 31.2 Å². The van der Waals surface area contributed by atoms with Gasteiger partial charge in [-0.2, -0.15) is 13.2 Å². The van der Waals surface area contributed by atoms with Crippen LogP contribution in [0.1, 0.15) is 84.0 Å². The number of aliphatic hydroxyl groups excluding tert-OH is 1. The topological polar surface area (TPSA) is 203 Å². The maximum Gasteiger partial charge on any atom is 0.416 e. The van der Waals surface area contributed by atoms with Crippen molar-refractivity contribution in [3.63, 3.8) is 0 Å². The zero-order chi connectivity index (χ0) is 53.4. The molecule has 0 spiro atoms. The Balaban J connectivity index is 0.974. The van der Waals surface area contributed by atoms with Gasteiger partial charge in [-0.15, -0.1) is 5.10 Å². The lowest BCUT2D eigenvalue weighted by atomic mass is 9.66. The third kappa shape index (κ3) is 11.4. The van der Waals surface area contributed by atoms with Gasteiger partial charge in [0.1, 0.15) is 17.8 Å². The van der Waals surface area contributed by atoms with E-state index in [4.69, 9.17) is 23.7 Å². The molecule has 1 N–H and O–H groups in total. The van der Waals surface area contributed by atoms with Crippen molar-refractivity contribution in [2.75, 3.05) is 20.7 Å². The van der Waals surface area contributed by atoms with Gasteiger partial charge in [-0.25, -0.2) is 9.78 Å². The second kappa shape index (κ2) is 22.4. The van der Waals surface area contributed by atoms with Crippen LogP contribution in [-0.2, 0) is 70.2 Å². The fourth-order valence-electron chi connectivity index (χ4n) is 11.3. The number of hydrogen-bond acceptors (Lipinski definition) is 15. The average Bonchev–Trinajstić information content (AvgIpc) is 4.09. The molecule has 0 saturated carbocycles. The third-order valence-electron chi connectivity index (χ3n) is 15.6. The molecule has 4 saturated heterocycles. The molecule has 22 heteroatoms. The number of halogens is 4. The summed E-state index contributed by atoms with van der Waals surface area (Å²) in [6.45, 7) is 11.6. The molecule has 0 bridgehead atoms. The molecule has 74 heavy (non-hydrogen) atoms. The fraction of sp³-hybridized carbons (Fsp3) is 0.615. The van der Waals surface area contributed by atoms with Gasteiger partial charge in [0.25, 0.3) is 0 Å². The number of amides is 1. The van der Waals surface area contributed by atoms with Crippen LogP contribution in [0.25, 0.3) is 11.3 Å². The summed E-state index contributed by atoms with van der Waals surface area (Å²) in [5.41, 5.74) is -0.433. The maximum atomic E-state index is 15.1. The third-order valence-corrected chi connectivity index (χ3v) is 17.1. The molecule has 1 unspecified atom stereocenters. The summed E-state index contributed by atoms with van der Waals surface area (Å²) in [6.07, 6.45) is 2.32. The summed E-state index contributed by atoms with van der Waals surface area (Å²) in [4.78, 5) is 69.7. The molecule has 4 fully saturated rings. The molecular weight excluding hydrogens is 1080 g/mol. The van der Waals surface area contributed by atoms with E-state index in [1.807, 2.05) is 64.4 Å². The number of pyridine rings is 1. The number of aryl methyl sites for hydroxylation is 3. The van der Waals surface area contributed by atoms with Crippen LogP contribution >= 0.6 is 22.6 Å². The van der Waals surface area contributed by atoms with Crippen molar-refractivity contribution in [2.24, 2.45) is 23.7 Å². The molecule has 14 atom stereocenters. The first-order valence-electron chi connectivity index (χ1n) is 25.2. The number of aliphatic hydroxyl groups is 1. The van der Waals surface area contributed by atoms with E-state index in [0.717, 1.165) is 29.0 Å². The van der Waals surface area contributed by atoms with Gasteiger partial charge in [0, 0.05) is 87.4 Å². The highest BCUT2D eigenvalue weighted by molar-refractivity contribution is 14.1. The minimum atomic E-state index is -4.41. The zero-order valence-corrected chi connectivity index (χ0v) is 45.0. The summed E-state index contributed by atoms with van der Waals surface area (Å²) in [7, 11) is 3.34. The Labute approximate surface area is 442 Å². The standard InChI is InChI=1S/C52H66F3IN8O10/c1-29-24-50(5,70-8)45(72-47-43(67)39(23-30(2)71-47)61(7)21-18-36-26-63(60-59-36)22-17-33-13-15-35(16-14-33)52(53,54)55)31(3)42(66)32(4)46(68)73-48(56)51(6)44-40(41(29)65)38(64(44)49(69)74-51)12-10-20-62-27-37(58-28-62)34-11-9-19-57-25-34/h9,11,13-16,19,25-32,38-40,43-45,47-48,67H,10,12,17-18,20-24H2,1-8H3/t29-,30-,31+,32-,38?,39+,40+,43-,44-,45-,47+,48+,50-,51+/m1/s1. The normalized spacial score (nSPS) is 33.0. The van der Waals surface area contributed by atoms with E-state index in [1.54, 1.807) is 62.2 Å². The van der Waals surface area contributed by atoms with Crippen LogP contribution in [0.3, 0.4) is 0 Å². The Bertz CT molecular complexity index is 2620. The van der Waals surface area contributed by atoms with Crippen molar-refractivity contribution in [2.45, 2.75) is 157 Å². The number of benzene rings is 1. The number of cyclic esters (lactones) is 1. The molecule has 0 aliphatic carbocycles. The maximum absolute atomic E-state index is 15.1. The summed E-state index contributed by atoms with van der Waals surface area (Å²) in [5, 5.41) is 20.6. The van der Waals surface area contributed by atoms with Gasteiger partial charge >= 0.3 is 18.2 Å². The highest BCUT2D eigenvalue weighted by Gasteiger charge is 2.70. The molecule has 4 aliphatic heterocycles. The predicted molar refractivity (Wildman–Crippen MR) is 269 cm³/mol. The number of nitrogens with zero attached hydrogens (tertiary/aromatic N) is 8. The van der Waals surface area contributed by atoms with Gasteiger partial charge in [-0.05, 0) is 119 Å². The van der Waals surface area contributed by atoms with E-state index in [9.17, 15) is 32.7 Å². The van der Waals surface area contributed by atoms with Crippen molar-refractivity contribution >= 4 is 46.2 Å². The fourth-order valence-corrected chi connectivity index (χ4v) is 12.0. The predicted octanol–water partition coefficient (Wildman–Crippen LogP) is 6.74. The first-order valence-corrected chi connectivity index (χ1v) is 26.4. The van der Waals surface area contributed by atoms with Crippen LogP contribution in [0.4, 0.5) is 18.0 Å². The number of aromatic nitrogens is 6. The average molecular weight is 1150 g/mol. The largest absolute Gasteiger partial charge is 0.447 e. The Morgan fingerprint density at radius 1 is 1.00 bits per heavy atom. The minimum absolute atomic E-state index is 0.0669. The molecule has 4 aliphatic rings. The van der Waals surface area contributed by atoms with E-state index >= 15 is 4.79 Å². The van der Waals surface area contributed by atoms with Crippen LogP contribution in [0.2, 0.25) is 0 Å². The van der Waals surface area contributed by atoms with E-state index in [0.29, 0.717) is 57.4 Å². The van der Waals surface area contributed by atoms with Crippen LogP contribution < -0.4 is 0 Å². The van der Waals surface area contributed by atoms with Gasteiger partial charge in [0.2, 0.25) is 0 Å². The molecule has 7 heterocycles. The second-order valence-corrected chi connectivity index (χ2v) is 22.0. The molecular formula is C52H66F3IN8O10. The Morgan fingerprint density at radius 2 is 1.74 bits per heavy atom. The van der Waals surface area contributed by atoms with E-state index in [2.05, 4.69) is 20.3 Å². The number of rotatable bonds is 15. The lowest BCUT2D eigenvalue weighted by Crippen LogP contribution is -2.71. The molecule has 4 aromatic rings. The number of methoxy groups -OCH3 is 1. The minimum Gasteiger partial charge on any atom is -0.447 e. The summed E-state index contributed by atoms with van der Waals surface area (Å²) < 4.78 is 73.1. The quantitative estimate of drug-likeness (QED) is 0.0567. The SMILES string of the molecule is CO[C@]1(C)C[C@@H](C)C(=O)[C@@H]2C(CCCn3cnc(-c4cccnc4)c3)N3C(=O)O[C@](C)([C@@H](I)OC(=O)[C@H](C)C(=O)[C@H](C)[C@H]1O[C@@H]1O[C@H](C)C[C@H](N(C)CCc4cn(CCc5ccc(C(F)(F)F)cc5)nn4)[C@H]1O)[C@@H]23. The smallest absolute Gasteiger partial charge is 0.416 e. The number of Topliss-reactive ketones (excluding diaryl/α,β-unsaturated/α-hetero) is 2. The Morgan fingerprint density at radius 3 is 2.43 bits per heavy atom. The monoisotopic (exact) mass is 1150 g/mol. The van der Waals surface area contributed by atoms with Crippen LogP contribution in [0, 0.1) is 23.7 Å². The van der Waals surface area contributed by atoms with E-state index in [-0.39, 0.29) is 12.2 Å². The first-order chi connectivity index (χ1) is 35.0. The van der Waals surface area contributed by atoms with Crippen molar-refractivity contribution in [1.29, 1.82) is 0 Å². The Kier molecular flexibility index (Phi) is 16.7. The van der Waals surface area contributed by atoms with E-state index < -0.39 is 111 Å². The first kappa shape index (κ1) is 55.4. The van der Waals surface area contributed by atoms with Crippen molar-refractivity contribution < 1.29 is 61.1 Å². The van der Waals surface area contributed by atoms with Crippen molar-refractivity contribution in [1.82, 2.24) is 39.3 Å². The molecule has 18 nitrogen and oxygen atoms in total. The number of imidazole rings is 1. The lowest BCUT2D eigenvalue weighted by molar-refractivity contribution is -0.296.